The van der Waals surface area contributed by atoms with E-state index >= 15 is 0 Å². The molecule has 0 heterocycles. The quantitative estimate of drug-likeness (QED) is 0.408. The van der Waals surface area contributed by atoms with Crippen molar-refractivity contribution in [3.05, 3.63) is 12.2 Å². The SMILES string of the molecule is CC12C3C=CC(C3)C1C1CC2CC1F. The van der Waals surface area contributed by atoms with Crippen molar-refractivity contribution in [2.24, 2.45) is 35.0 Å². The van der Waals surface area contributed by atoms with Gasteiger partial charge in [0.2, 0.25) is 0 Å². The molecule has 4 bridgehead atoms. The lowest BCUT2D eigenvalue weighted by Crippen LogP contribution is -2.40. The molecule has 0 saturated heterocycles. The Morgan fingerprint density at radius 2 is 2.07 bits per heavy atom. The zero-order valence-corrected chi connectivity index (χ0v) is 8.62. The summed E-state index contributed by atoms with van der Waals surface area (Å²) in [7, 11) is 0. The number of hydrogen-bond donors (Lipinski definition) is 0. The largest absolute Gasteiger partial charge is 0.247 e. The van der Waals surface area contributed by atoms with Crippen molar-refractivity contribution in [2.45, 2.75) is 32.4 Å². The zero-order valence-electron chi connectivity index (χ0n) is 8.62. The molecule has 7 unspecified atom stereocenters. The third kappa shape index (κ3) is 0.610. The van der Waals surface area contributed by atoms with E-state index in [9.17, 15) is 4.39 Å². The van der Waals surface area contributed by atoms with Gasteiger partial charge in [-0.1, -0.05) is 19.1 Å². The van der Waals surface area contributed by atoms with Gasteiger partial charge >= 0.3 is 0 Å². The standard InChI is InChI=1S/C13H17F/c1-13-8-3-2-7(4-8)12(13)10-5-9(13)6-11(10)14/h2-3,7-12H,4-6H2,1H3. The highest BCUT2D eigenvalue weighted by atomic mass is 19.1. The Hall–Kier alpha value is -0.330. The first kappa shape index (κ1) is 7.90. The molecule has 0 aromatic carbocycles. The molecule has 4 aliphatic carbocycles. The van der Waals surface area contributed by atoms with Crippen LogP contribution in [-0.4, -0.2) is 6.17 Å². The van der Waals surface area contributed by atoms with Gasteiger partial charge in [0, 0.05) is 0 Å². The maximum absolute atomic E-state index is 13.7. The lowest BCUT2D eigenvalue weighted by molar-refractivity contribution is 0.0391. The van der Waals surface area contributed by atoms with E-state index in [0.717, 1.165) is 18.3 Å². The molecule has 14 heavy (non-hydrogen) atoms. The Bertz CT molecular complexity index is 321. The highest BCUT2D eigenvalue weighted by Gasteiger charge is 2.67. The monoisotopic (exact) mass is 192 g/mol. The zero-order chi connectivity index (χ0) is 9.50. The Labute approximate surface area is 84.6 Å². The summed E-state index contributed by atoms with van der Waals surface area (Å²) in [4.78, 5) is 0. The van der Waals surface area contributed by atoms with Gasteiger partial charge in [-0.25, -0.2) is 4.39 Å². The summed E-state index contributed by atoms with van der Waals surface area (Å²) >= 11 is 0. The van der Waals surface area contributed by atoms with Crippen molar-refractivity contribution in [1.82, 2.24) is 0 Å². The first-order valence-corrected chi connectivity index (χ1v) is 6.03. The van der Waals surface area contributed by atoms with E-state index in [4.69, 9.17) is 0 Å². The third-order valence-corrected chi connectivity index (χ3v) is 5.97. The average molecular weight is 192 g/mol. The first-order chi connectivity index (χ1) is 6.71. The van der Waals surface area contributed by atoms with Crippen molar-refractivity contribution in [2.75, 3.05) is 0 Å². The van der Waals surface area contributed by atoms with Crippen molar-refractivity contribution in [3.63, 3.8) is 0 Å². The summed E-state index contributed by atoms with van der Waals surface area (Å²) in [5.41, 5.74) is 0.493. The van der Waals surface area contributed by atoms with Crippen LogP contribution in [0.25, 0.3) is 0 Å². The molecule has 0 spiro atoms. The second kappa shape index (κ2) is 2.10. The van der Waals surface area contributed by atoms with Gasteiger partial charge in [0.25, 0.3) is 0 Å². The fraction of sp³-hybridized carbons (Fsp3) is 0.846. The third-order valence-electron chi connectivity index (χ3n) is 5.97. The molecule has 0 aromatic heterocycles. The molecular formula is C13H17F. The maximum atomic E-state index is 13.7. The second-order valence-electron chi connectivity index (χ2n) is 6.13. The fourth-order valence-electron chi connectivity index (χ4n) is 5.42. The van der Waals surface area contributed by atoms with Crippen molar-refractivity contribution in [1.29, 1.82) is 0 Å². The van der Waals surface area contributed by atoms with E-state index in [1.54, 1.807) is 0 Å². The van der Waals surface area contributed by atoms with E-state index < -0.39 is 6.17 Å². The molecular weight excluding hydrogens is 175 g/mol. The van der Waals surface area contributed by atoms with Gasteiger partial charge in [-0.05, 0) is 54.3 Å². The summed E-state index contributed by atoms with van der Waals surface area (Å²) in [6.07, 6.45) is 7.73. The number of halogens is 1. The Morgan fingerprint density at radius 3 is 2.93 bits per heavy atom. The smallest absolute Gasteiger partial charge is 0.104 e. The summed E-state index contributed by atoms with van der Waals surface area (Å²) in [6, 6.07) is 0. The second-order valence-corrected chi connectivity index (χ2v) is 6.13. The number of fused-ring (bicyclic) bond motifs is 9. The van der Waals surface area contributed by atoms with Crippen LogP contribution in [0.1, 0.15) is 26.2 Å². The van der Waals surface area contributed by atoms with E-state index in [-0.39, 0.29) is 0 Å². The van der Waals surface area contributed by atoms with Crippen LogP contribution >= 0.6 is 0 Å². The summed E-state index contributed by atoms with van der Waals surface area (Å²) in [5.74, 6) is 3.35. The van der Waals surface area contributed by atoms with Crippen LogP contribution in [0.2, 0.25) is 0 Å². The maximum Gasteiger partial charge on any atom is 0.104 e. The Kier molecular flexibility index (Phi) is 1.18. The van der Waals surface area contributed by atoms with Crippen LogP contribution in [-0.2, 0) is 0 Å². The molecule has 0 nitrogen and oxygen atoms in total. The molecule has 4 rings (SSSR count). The van der Waals surface area contributed by atoms with Gasteiger partial charge in [-0.2, -0.15) is 0 Å². The number of allylic oxidation sites excluding steroid dienone is 2. The van der Waals surface area contributed by atoms with Gasteiger partial charge in [0.15, 0.2) is 0 Å². The molecule has 0 amide bonds. The highest BCUT2D eigenvalue weighted by molar-refractivity contribution is 5.25. The van der Waals surface area contributed by atoms with Gasteiger partial charge < -0.3 is 0 Å². The summed E-state index contributed by atoms with van der Waals surface area (Å²) < 4.78 is 13.7. The molecule has 1 heteroatoms. The minimum atomic E-state index is -0.467. The lowest BCUT2D eigenvalue weighted by Gasteiger charge is -2.43. The molecule has 0 aromatic rings. The van der Waals surface area contributed by atoms with Gasteiger partial charge in [0.1, 0.15) is 6.17 Å². The molecule has 7 atom stereocenters. The summed E-state index contributed by atoms with van der Waals surface area (Å²) in [5, 5.41) is 0. The van der Waals surface area contributed by atoms with Crippen LogP contribution in [0.4, 0.5) is 4.39 Å². The molecule has 4 aliphatic rings. The van der Waals surface area contributed by atoms with Crippen LogP contribution in [0.3, 0.4) is 0 Å². The van der Waals surface area contributed by atoms with Crippen LogP contribution in [0, 0.1) is 35.0 Å². The minimum Gasteiger partial charge on any atom is -0.247 e. The molecule has 3 saturated carbocycles. The number of hydrogen-bond acceptors (Lipinski definition) is 0. The van der Waals surface area contributed by atoms with Crippen molar-refractivity contribution >= 4 is 0 Å². The van der Waals surface area contributed by atoms with Crippen LogP contribution < -0.4 is 0 Å². The number of rotatable bonds is 0. The minimum absolute atomic E-state index is 0.421. The molecule has 0 radical (unpaired) electrons. The van der Waals surface area contributed by atoms with E-state index in [0.29, 0.717) is 23.2 Å². The Balaban J connectivity index is 1.85. The highest BCUT2D eigenvalue weighted by Crippen LogP contribution is 2.72. The first-order valence-electron chi connectivity index (χ1n) is 6.03. The summed E-state index contributed by atoms with van der Waals surface area (Å²) in [6.45, 7) is 2.45. The lowest BCUT2D eigenvalue weighted by atomic mass is 9.62. The van der Waals surface area contributed by atoms with Crippen LogP contribution in [0.5, 0.6) is 0 Å². The fourth-order valence-corrected chi connectivity index (χ4v) is 5.42. The van der Waals surface area contributed by atoms with E-state index in [1.807, 2.05) is 0 Å². The predicted molar refractivity (Wildman–Crippen MR) is 53.4 cm³/mol. The molecule has 0 N–H and O–H groups in total. The van der Waals surface area contributed by atoms with E-state index in [1.165, 1.54) is 12.8 Å². The van der Waals surface area contributed by atoms with Gasteiger partial charge in [-0.3, -0.25) is 0 Å². The van der Waals surface area contributed by atoms with Gasteiger partial charge in [-0.15, -0.1) is 0 Å². The Morgan fingerprint density at radius 1 is 1.21 bits per heavy atom. The molecule has 0 aliphatic heterocycles. The number of alkyl halides is 1. The molecule has 76 valence electrons. The van der Waals surface area contributed by atoms with E-state index in [2.05, 4.69) is 19.1 Å². The van der Waals surface area contributed by atoms with Crippen molar-refractivity contribution < 1.29 is 4.39 Å². The van der Waals surface area contributed by atoms with Crippen LogP contribution in [0.15, 0.2) is 12.2 Å². The molecule has 3 fully saturated rings. The normalized spacial score (nSPS) is 67.9. The predicted octanol–water partition coefficient (Wildman–Crippen LogP) is 3.19. The average Bonchev–Trinajstić information content (AvgIpc) is 2.79. The topological polar surface area (TPSA) is 0 Å². The van der Waals surface area contributed by atoms with Crippen molar-refractivity contribution in [3.8, 4) is 0 Å². The van der Waals surface area contributed by atoms with Gasteiger partial charge in [0.05, 0.1) is 0 Å².